The first kappa shape index (κ1) is 33.0. The van der Waals surface area contributed by atoms with Gasteiger partial charge in [-0.3, -0.25) is 14.2 Å². The van der Waals surface area contributed by atoms with Gasteiger partial charge < -0.3 is 19.9 Å². The molecular formula is C31H39BrN6O6S. The summed E-state index contributed by atoms with van der Waals surface area (Å²) < 4.78 is 14.1. The summed E-state index contributed by atoms with van der Waals surface area (Å²) in [6, 6.07) is 5.78. The molecule has 4 aromatic rings. The van der Waals surface area contributed by atoms with Crippen molar-refractivity contribution < 1.29 is 19.4 Å². The molecular weight excluding hydrogens is 664 g/mol. The summed E-state index contributed by atoms with van der Waals surface area (Å²) in [4.78, 5) is 43.3. The SMILES string of the molecule is COc1ccc(Br)cc1CCn1c(=O)n(C(C)(C)C(=O)NC2CCC2)c(=O)c2c(C)c(-n3nccn3)sc21.OC1CCOCC1. The fraction of sp³-hybridized carbons (Fsp3) is 0.516. The summed E-state index contributed by atoms with van der Waals surface area (Å²) in [6.07, 6.45) is 7.99. The van der Waals surface area contributed by atoms with Crippen LogP contribution in [0.25, 0.3) is 15.2 Å². The van der Waals surface area contributed by atoms with Gasteiger partial charge in [0.05, 0.1) is 31.0 Å². The first-order chi connectivity index (χ1) is 21.5. The zero-order valence-corrected chi connectivity index (χ0v) is 28.3. The molecule has 2 fully saturated rings. The van der Waals surface area contributed by atoms with E-state index in [-0.39, 0.29) is 24.6 Å². The minimum Gasteiger partial charge on any atom is -0.496 e. The Labute approximate surface area is 273 Å². The lowest BCUT2D eigenvalue weighted by molar-refractivity contribution is -0.130. The summed E-state index contributed by atoms with van der Waals surface area (Å²) in [6.45, 7) is 6.80. The third-order valence-corrected chi connectivity index (χ3v) is 10.2. The fourth-order valence-corrected chi connectivity index (χ4v) is 7.06. The summed E-state index contributed by atoms with van der Waals surface area (Å²) in [7, 11) is 1.60. The largest absolute Gasteiger partial charge is 0.496 e. The van der Waals surface area contributed by atoms with Crippen LogP contribution >= 0.6 is 27.3 Å². The smallest absolute Gasteiger partial charge is 0.333 e. The minimum atomic E-state index is -1.40. The highest BCUT2D eigenvalue weighted by atomic mass is 79.9. The zero-order chi connectivity index (χ0) is 32.3. The molecule has 4 heterocycles. The van der Waals surface area contributed by atoms with Crippen molar-refractivity contribution >= 4 is 43.4 Å². The molecule has 1 aliphatic heterocycles. The Morgan fingerprint density at radius 3 is 2.44 bits per heavy atom. The topological polar surface area (TPSA) is 142 Å². The Hall–Kier alpha value is -3.33. The number of amides is 1. The van der Waals surface area contributed by atoms with Crippen molar-refractivity contribution in [2.75, 3.05) is 20.3 Å². The van der Waals surface area contributed by atoms with Crippen LogP contribution in [0.4, 0.5) is 0 Å². The van der Waals surface area contributed by atoms with Crippen LogP contribution in [-0.2, 0) is 28.0 Å². The number of aliphatic hydroxyl groups excluding tert-OH is 1. The predicted octanol–water partition coefficient (Wildman–Crippen LogP) is 3.69. The molecule has 1 saturated carbocycles. The van der Waals surface area contributed by atoms with Gasteiger partial charge in [0, 0.05) is 35.8 Å². The number of halogens is 1. The average Bonchev–Trinajstić information content (AvgIpc) is 3.64. The van der Waals surface area contributed by atoms with Crippen molar-refractivity contribution in [2.45, 2.75) is 83.5 Å². The van der Waals surface area contributed by atoms with E-state index in [4.69, 9.17) is 14.6 Å². The number of aromatic nitrogens is 5. The van der Waals surface area contributed by atoms with E-state index >= 15 is 0 Å². The van der Waals surface area contributed by atoms with E-state index in [0.717, 1.165) is 59.9 Å². The summed E-state index contributed by atoms with van der Waals surface area (Å²) in [5.74, 6) is 0.359. The number of nitrogens with zero attached hydrogens (tertiary/aromatic N) is 5. The summed E-state index contributed by atoms with van der Waals surface area (Å²) >= 11 is 4.79. The van der Waals surface area contributed by atoms with Crippen LogP contribution in [0.3, 0.4) is 0 Å². The van der Waals surface area contributed by atoms with E-state index in [1.807, 2.05) is 25.1 Å². The quantitative estimate of drug-likeness (QED) is 0.283. The second-order valence-electron chi connectivity index (χ2n) is 11.8. The summed E-state index contributed by atoms with van der Waals surface area (Å²) in [5.41, 5.74) is -0.868. The fourth-order valence-electron chi connectivity index (χ4n) is 5.41. The number of thiophene rings is 1. The maximum Gasteiger partial charge on any atom is 0.333 e. The Balaban J connectivity index is 0.000000505. The van der Waals surface area contributed by atoms with Gasteiger partial charge in [0.25, 0.3) is 5.56 Å². The van der Waals surface area contributed by atoms with E-state index in [2.05, 4.69) is 31.4 Å². The molecule has 1 saturated heterocycles. The van der Waals surface area contributed by atoms with E-state index in [1.54, 1.807) is 37.9 Å². The molecule has 0 unspecified atom stereocenters. The third-order valence-electron chi connectivity index (χ3n) is 8.38. The highest BCUT2D eigenvalue weighted by molar-refractivity contribution is 9.10. The molecule has 0 spiro atoms. The highest BCUT2D eigenvalue weighted by Crippen LogP contribution is 2.32. The van der Waals surface area contributed by atoms with Gasteiger partial charge in [-0.05, 0) is 83.1 Å². The molecule has 1 aromatic carbocycles. The van der Waals surface area contributed by atoms with Crippen molar-refractivity contribution in [3.8, 4) is 10.8 Å². The zero-order valence-electron chi connectivity index (χ0n) is 25.9. The number of hydrogen-bond donors (Lipinski definition) is 2. The van der Waals surface area contributed by atoms with Crippen LogP contribution in [0.1, 0.15) is 57.1 Å². The van der Waals surface area contributed by atoms with E-state index in [1.165, 1.54) is 16.1 Å². The molecule has 242 valence electrons. The van der Waals surface area contributed by atoms with Gasteiger partial charge in [-0.25, -0.2) is 9.36 Å². The Kier molecular flexibility index (Phi) is 10.3. The van der Waals surface area contributed by atoms with Gasteiger partial charge in [0.15, 0.2) is 0 Å². The molecule has 1 aliphatic carbocycles. The standard InChI is InChI=1S/C26H29BrN6O4S.C5H10O2/c1-15-20-21(34)32(26(2,3)24(35)30-18-6-5-7-18)25(36)31(23(20)38-22(15)33-28-11-12-29-33)13-10-16-14-17(27)8-9-19(16)37-4;6-5-1-3-7-4-2-5/h8-9,11-12,14,18H,5-7,10,13H2,1-4H3,(H,30,35);5-6H,1-4H2. The van der Waals surface area contributed by atoms with Crippen LogP contribution in [0.15, 0.2) is 44.7 Å². The second-order valence-corrected chi connectivity index (χ2v) is 13.7. The molecule has 6 rings (SSSR count). The average molecular weight is 704 g/mol. The van der Waals surface area contributed by atoms with Gasteiger partial charge in [0.1, 0.15) is 21.1 Å². The van der Waals surface area contributed by atoms with Crippen LogP contribution < -0.4 is 21.3 Å². The van der Waals surface area contributed by atoms with Crippen molar-refractivity contribution in [2.24, 2.45) is 0 Å². The molecule has 2 aliphatic rings. The van der Waals surface area contributed by atoms with Crippen molar-refractivity contribution in [1.29, 1.82) is 0 Å². The number of methoxy groups -OCH3 is 1. The molecule has 0 radical (unpaired) electrons. The van der Waals surface area contributed by atoms with E-state index in [0.29, 0.717) is 33.0 Å². The molecule has 45 heavy (non-hydrogen) atoms. The van der Waals surface area contributed by atoms with Gasteiger partial charge in [-0.15, -0.1) is 4.80 Å². The Morgan fingerprint density at radius 2 is 1.87 bits per heavy atom. The number of aliphatic hydroxyl groups is 1. The lowest BCUT2D eigenvalue weighted by Gasteiger charge is -2.32. The molecule has 12 nitrogen and oxygen atoms in total. The first-order valence-electron chi connectivity index (χ1n) is 15.1. The normalized spacial score (nSPS) is 15.8. The van der Waals surface area contributed by atoms with Crippen molar-refractivity contribution in [1.82, 2.24) is 29.4 Å². The Morgan fingerprint density at radius 1 is 1.18 bits per heavy atom. The van der Waals surface area contributed by atoms with Gasteiger partial charge >= 0.3 is 5.69 Å². The van der Waals surface area contributed by atoms with Gasteiger partial charge in [-0.1, -0.05) is 27.3 Å². The lowest BCUT2D eigenvalue weighted by Crippen LogP contribution is -2.57. The number of nitrogens with one attached hydrogen (secondary N) is 1. The molecule has 14 heteroatoms. The van der Waals surface area contributed by atoms with Crippen LogP contribution in [0.2, 0.25) is 0 Å². The van der Waals surface area contributed by atoms with Crippen LogP contribution in [-0.4, -0.2) is 67.6 Å². The van der Waals surface area contributed by atoms with E-state index < -0.39 is 16.8 Å². The molecule has 1 amide bonds. The summed E-state index contributed by atoms with van der Waals surface area (Å²) in [5, 5.41) is 21.3. The maximum atomic E-state index is 14.0. The van der Waals surface area contributed by atoms with Crippen molar-refractivity contribution in [3.63, 3.8) is 0 Å². The van der Waals surface area contributed by atoms with Crippen LogP contribution in [0.5, 0.6) is 5.75 Å². The number of aryl methyl sites for hydroxylation is 3. The molecule has 0 atom stereocenters. The lowest BCUT2D eigenvalue weighted by atomic mass is 9.91. The van der Waals surface area contributed by atoms with Gasteiger partial charge in [0.2, 0.25) is 5.91 Å². The third kappa shape index (κ3) is 6.93. The van der Waals surface area contributed by atoms with Crippen LogP contribution in [0, 0.1) is 6.92 Å². The number of carbonyl (C=O) groups is 1. The number of benzene rings is 1. The van der Waals surface area contributed by atoms with Crippen molar-refractivity contribution in [3.05, 3.63) is 67.0 Å². The Bertz CT molecular complexity index is 1770. The molecule has 0 bridgehead atoms. The molecule has 2 N–H and O–H groups in total. The maximum absolute atomic E-state index is 14.0. The number of hydrogen-bond acceptors (Lipinski definition) is 9. The number of ether oxygens (including phenoxy) is 2. The molecule has 3 aromatic heterocycles. The number of fused-ring (bicyclic) bond motifs is 1. The predicted molar refractivity (Wildman–Crippen MR) is 176 cm³/mol. The van der Waals surface area contributed by atoms with E-state index in [9.17, 15) is 14.4 Å². The second kappa shape index (κ2) is 14.0. The minimum absolute atomic E-state index is 0.0767. The highest BCUT2D eigenvalue weighted by Gasteiger charge is 2.37. The number of rotatable bonds is 8. The van der Waals surface area contributed by atoms with Gasteiger partial charge in [-0.2, -0.15) is 10.2 Å². The number of carbonyl (C=O) groups excluding carboxylic acids is 1. The monoisotopic (exact) mass is 702 g/mol. The first-order valence-corrected chi connectivity index (χ1v) is 16.7.